The number of nitrogens with two attached hydrogens (primary N) is 3. The predicted molar refractivity (Wildman–Crippen MR) is 189 cm³/mol. The first-order chi connectivity index (χ1) is 23.8. The number of amides is 3. The molecule has 0 fully saturated rings. The lowest BCUT2D eigenvalue weighted by Crippen LogP contribution is -2.40. The third-order valence-corrected chi connectivity index (χ3v) is 3.77. The second-order valence-corrected chi connectivity index (χ2v) is 7.54. The lowest BCUT2D eigenvalue weighted by atomic mass is 10.4. The molecule has 0 spiro atoms. The van der Waals surface area contributed by atoms with Gasteiger partial charge in [0.25, 0.3) is 6.26 Å². The zero-order valence-electron chi connectivity index (χ0n) is 30.8. The van der Waals surface area contributed by atoms with Gasteiger partial charge in [-0.25, -0.2) is 4.79 Å². The van der Waals surface area contributed by atoms with Gasteiger partial charge in [-0.2, -0.15) is 0 Å². The van der Waals surface area contributed by atoms with E-state index in [0.717, 1.165) is 19.1 Å². The maximum Gasteiger partial charge on any atom is 0.335 e. The van der Waals surface area contributed by atoms with E-state index in [4.69, 9.17) is 36.7 Å². The van der Waals surface area contributed by atoms with Gasteiger partial charge >= 0.3 is 5.97 Å². The molecular formula is C30H67N9O10. The number of esters is 1. The highest BCUT2D eigenvalue weighted by Crippen LogP contribution is 1.82. The van der Waals surface area contributed by atoms with Crippen molar-refractivity contribution in [1.82, 2.24) is 26.6 Å². The minimum Gasteiger partial charge on any atom is -0.380 e. The molecule has 0 aromatic carbocycles. The Labute approximate surface area is 293 Å². The molecule has 0 aliphatic carbocycles. The average Bonchev–Trinajstić information content (AvgIpc) is 3.12. The number of carbonyl (C=O) groups excluding carboxylic acids is 6. The van der Waals surface area contributed by atoms with Crippen molar-refractivity contribution in [3.05, 3.63) is 0 Å². The smallest absolute Gasteiger partial charge is 0.335 e. The van der Waals surface area contributed by atoms with E-state index in [1.807, 2.05) is 34.7 Å². The number of ether oxygens (including phenoxy) is 4. The van der Waals surface area contributed by atoms with E-state index in [2.05, 4.69) is 38.2 Å². The molecule has 19 heteroatoms. The number of hydrogen-bond donors (Lipinski definition) is 8. The number of likely N-dealkylation sites (N-methyl/N-ethyl adjacent to an activating group) is 1. The Morgan fingerprint density at radius 1 is 0.694 bits per heavy atom. The topological polar surface area (TPSA) is 301 Å². The van der Waals surface area contributed by atoms with Crippen molar-refractivity contribution in [2.75, 3.05) is 99.7 Å². The maximum atomic E-state index is 11.2. The normalized spacial score (nSPS) is 8.35. The van der Waals surface area contributed by atoms with Crippen LogP contribution in [0, 0.1) is 11.5 Å². The number of hydrogen-bond acceptors (Lipinski definition) is 16. The molecule has 0 saturated heterocycles. The van der Waals surface area contributed by atoms with Crippen molar-refractivity contribution in [1.29, 1.82) is 5.26 Å². The minimum absolute atomic E-state index is 0.0395. The molecule has 0 bridgehead atoms. The van der Waals surface area contributed by atoms with Crippen LogP contribution in [0.5, 0.6) is 0 Å². The van der Waals surface area contributed by atoms with E-state index in [1.54, 1.807) is 7.05 Å². The first kappa shape index (κ1) is 60.7. The Hall–Kier alpha value is -3.61. The summed E-state index contributed by atoms with van der Waals surface area (Å²) in [4.78, 5) is 61.6. The molecule has 0 rings (SSSR count). The van der Waals surface area contributed by atoms with Crippen LogP contribution in [0.4, 0.5) is 0 Å². The highest BCUT2D eigenvalue weighted by molar-refractivity contribution is 5.84. The Morgan fingerprint density at radius 3 is 1.49 bits per heavy atom. The molecule has 0 aromatic heterocycles. The van der Waals surface area contributed by atoms with Crippen LogP contribution in [0.15, 0.2) is 0 Å². The fourth-order valence-corrected chi connectivity index (χ4v) is 1.74. The quantitative estimate of drug-likeness (QED) is 0.0185. The van der Waals surface area contributed by atoms with Gasteiger partial charge in [-0.05, 0) is 20.6 Å². The number of nitrogens with zero attached hydrogens (tertiary/aromatic N) is 1. The summed E-state index contributed by atoms with van der Waals surface area (Å²) < 4.78 is 18.6. The van der Waals surface area contributed by atoms with Gasteiger partial charge in [0, 0.05) is 38.9 Å². The zero-order chi connectivity index (χ0) is 39.2. The van der Waals surface area contributed by atoms with Crippen LogP contribution in [-0.2, 0) is 47.7 Å². The molecule has 19 nitrogen and oxygen atoms in total. The van der Waals surface area contributed by atoms with E-state index in [1.165, 1.54) is 6.26 Å². The van der Waals surface area contributed by atoms with Crippen molar-refractivity contribution in [2.45, 2.75) is 53.9 Å². The summed E-state index contributed by atoms with van der Waals surface area (Å²) in [6, 6.07) is 0. The van der Waals surface area contributed by atoms with E-state index in [0.29, 0.717) is 71.9 Å². The lowest BCUT2D eigenvalue weighted by molar-refractivity contribution is -0.136. The van der Waals surface area contributed by atoms with Crippen molar-refractivity contribution in [2.24, 2.45) is 17.2 Å². The van der Waals surface area contributed by atoms with Crippen LogP contribution < -0.4 is 43.8 Å². The van der Waals surface area contributed by atoms with E-state index < -0.39 is 5.97 Å². The second kappa shape index (κ2) is 70.7. The summed E-state index contributed by atoms with van der Waals surface area (Å²) in [6.45, 7) is 15.4. The van der Waals surface area contributed by atoms with Gasteiger partial charge in [-0.3, -0.25) is 14.4 Å². The van der Waals surface area contributed by atoms with Crippen LogP contribution >= 0.6 is 0 Å². The van der Waals surface area contributed by atoms with Crippen molar-refractivity contribution in [3.8, 4) is 6.26 Å². The summed E-state index contributed by atoms with van der Waals surface area (Å²) in [5, 5.41) is 20.2. The van der Waals surface area contributed by atoms with E-state index >= 15 is 0 Å². The lowest BCUT2D eigenvalue weighted by Gasteiger charge is -2.06. The monoisotopic (exact) mass is 714 g/mol. The Morgan fingerprint density at radius 2 is 1.14 bits per heavy atom. The van der Waals surface area contributed by atoms with Crippen molar-refractivity contribution >= 4 is 36.8 Å². The van der Waals surface area contributed by atoms with Crippen LogP contribution in [0.3, 0.4) is 0 Å². The van der Waals surface area contributed by atoms with Gasteiger partial charge in [0.1, 0.15) is 12.6 Å². The van der Waals surface area contributed by atoms with Gasteiger partial charge < -0.3 is 72.3 Å². The zero-order valence-corrected chi connectivity index (χ0v) is 30.8. The Kier molecular flexibility index (Phi) is 87.5. The van der Waals surface area contributed by atoms with Crippen molar-refractivity contribution in [3.63, 3.8) is 0 Å². The average molecular weight is 714 g/mol. The minimum atomic E-state index is -0.560. The number of nitrogens with one attached hydrogen (secondary N) is 5. The standard InChI is InChI=1S/C9H18N4O4.2C5H11NO2.C4H6N2O2.C3H9N.2C2H6/c10-2-4-17-3-1-8(15)12-5-9(16)13-6-11-7-14;2*6-2-5-8-4-1-3-7;1-6-2-4(7)8-3-5;1-3-4-2;2*1-2/h7H,1-6,10H2,(H,11,14)(H,12,15)(H,13,16);2*3H,1-2,4-6H2;6H,2H2,1H3;4H,3H2,1-2H3;2*1-2H3. The fourth-order valence-electron chi connectivity index (χ4n) is 1.74. The van der Waals surface area contributed by atoms with Gasteiger partial charge in [0.15, 0.2) is 0 Å². The highest BCUT2D eigenvalue weighted by atomic mass is 16.5. The molecule has 0 atom stereocenters. The Bertz CT molecular complexity index is 700. The first-order valence-electron chi connectivity index (χ1n) is 16.0. The third-order valence-electron chi connectivity index (χ3n) is 3.77. The van der Waals surface area contributed by atoms with Crippen LogP contribution in [0.25, 0.3) is 0 Å². The Balaban J connectivity index is -0.0000000942. The SMILES string of the molecule is CC.CC.CCNC.CNCC(=O)OC#N.NCCOCCC(=O)NCC(=O)NCNC=O.NCCOCCC=O.NCCOCCC=O. The van der Waals surface area contributed by atoms with Gasteiger partial charge in [0.05, 0.1) is 59.4 Å². The summed E-state index contributed by atoms with van der Waals surface area (Å²) >= 11 is 0. The molecule has 0 aliphatic rings. The first-order valence-corrected chi connectivity index (χ1v) is 16.0. The molecule has 0 heterocycles. The van der Waals surface area contributed by atoms with Crippen molar-refractivity contribution < 1.29 is 47.7 Å². The predicted octanol–water partition coefficient (Wildman–Crippen LogP) is -2.10. The summed E-state index contributed by atoms with van der Waals surface area (Å²) in [5.74, 6) is -1.22. The fraction of sp³-hybridized carbons (Fsp3) is 0.767. The summed E-state index contributed by atoms with van der Waals surface area (Å²) in [5.41, 5.74) is 15.4. The molecule has 0 aliphatic heterocycles. The highest BCUT2D eigenvalue weighted by Gasteiger charge is 2.04. The summed E-state index contributed by atoms with van der Waals surface area (Å²) in [6.07, 6.45) is 4.51. The molecule has 0 aromatic rings. The molecule has 3 amide bonds. The largest absolute Gasteiger partial charge is 0.380 e. The number of aldehydes is 2. The van der Waals surface area contributed by atoms with Gasteiger partial charge in [-0.15, -0.1) is 5.26 Å². The third kappa shape index (κ3) is 92.3. The number of rotatable bonds is 23. The van der Waals surface area contributed by atoms with Gasteiger partial charge in [-0.1, -0.05) is 34.6 Å². The van der Waals surface area contributed by atoms with Crippen LogP contribution in [0.2, 0.25) is 0 Å². The molecule has 0 saturated carbocycles. The molecule has 11 N–H and O–H groups in total. The second-order valence-electron chi connectivity index (χ2n) is 7.54. The number of nitriles is 1. The molecule has 49 heavy (non-hydrogen) atoms. The van der Waals surface area contributed by atoms with E-state index in [-0.39, 0.29) is 44.6 Å². The number of carbonyl (C=O) groups is 6. The molecule has 0 unspecified atom stereocenters. The maximum absolute atomic E-state index is 11.2. The summed E-state index contributed by atoms with van der Waals surface area (Å²) in [7, 11) is 3.53. The van der Waals surface area contributed by atoms with Crippen LogP contribution in [0.1, 0.15) is 53.9 Å². The van der Waals surface area contributed by atoms with E-state index in [9.17, 15) is 28.8 Å². The van der Waals surface area contributed by atoms with Gasteiger partial charge in [0.2, 0.25) is 18.2 Å². The molecule has 0 radical (unpaired) electrons. The molecular weight excluding hydrogens is 646 g/mol. The molecule has 292 valence electrons. The van der Waals surface area contributed by atoms with Crippen LogP contribution in [-0.4, -0.2) is 136 Å².